The quantitative estimate of drug-likeness (QED) is 0.0430. The highest BCUT2D eigenvalue weighted by Gasteiger charge is 2.29. The van der Waals surface area contributed by atoms with Crippen LogP contribution in [0.1, 0.15) is 68.0 Å². The van der Waals surface area contributed by atoms with Crippen LogP contribution in [0.2, 0.25) is 0 Å². The van der Waals surface area contributed by atoms with Gasteiger partial charge in [0.1, 0.15) is 23.9 Å². The molecule has 0 saturated heterocycles. The fraction of sp³-hybridized carbons (Fsp3) is 0.246. The maximum atomic E-state index is 12.2. The summed E-state index contributed by atoms with van der Waals surface area (Å²) >= 11 is 0. The predicted octanol–water partition coefficient (Wildman–Crippen LogP) is 8.91. The standard InChI is InChI=1S/C26H26N2O3.C18H21NO4.C17H19NO3/c1-18-10-12-19(13-11-18)16-28-25(29)14-15-27-26(30)31-17-24-22-8-4-2-6-20(22)21-7-3-5-9-23(21)24;1-13-3-5-14(6-4-13)10-19-18(21)12-23-16-8-7-15(11-20)17(9-16)22-2;1-13-2-4-14(5-3-13)10-18-17(20)12-21-16-8-6-15(11-19)7-9-16/h2-13,24H,14-17H2,1H3,(H,27,30)(H,28,29);3-9,20H,10-12H2,1-2H3,(H,19,21);2-9,19H,10-12H2,1H3,(H,18,20). The average molecular weight is 1020 g/mol. The Morgan fingerprint density at radius 1 is 0.493 bits per heavy atom. The molecule has 8 rings (SSSR count). The Hall–Kier alpha value is -8.46. The number of nitrogens with one attached hydrogen (secondary N) is 4. The van der Waals surface area contributed by atoms with Crippen molar-refractivity contribution in [3.63, 3.8) is 0 Å². The van der Waals surface area contributed by atoms with Gasteiger partial charge in [-0.05, 0) is 89.5 Å². The van der Waals surface area contributed by atoms with Crippen LogP contribution in [-0.2, 0) is 52.0 Å². The minimum Gasteiger partial charge on any atom is -0.496 e. The van der Waals surface area contributed by atoms with Gasteiger partial charge < -0.3 is 50.4 Å². The molecule has 0 aliphatic heterocycles. The highest BCUT2D eigenvalue weighted by atomic mass is 16.5. The van der Waals surface area contributed by atoms with Crippen molar-refractivity contribution in [2.24, 2.45) is 0 Å². The molecular formula is C61H66N4O10. The number of methoxy groups -OCH3 is 1. The molecule has 0 spiro atoms. The van der Waals surface area contributed by atoms with E-state index in [0.29, 0.717) is 42.4 Å². The predicted molar refractivity (Wildman–Crippen MR) is 289 cm³/mol. The maximum Gasteiger partial charge on any atom is 0.407 e. The molecule has 14 nitrogen and oxygen atoms in total. The summed E-state index contributed by atoms with van der Waals surface area (Å²) in [5.74, 6) is 1.21. The fourth-order valence-corrected chi connectivity index (χ4v) is 7.77. The first-order valence-electron chi connectivity index (χ1n) is 24.7. The molecule has 390 valence electrons. The number of aliphatic hydroxyl groups excluding tert-OH is 2. The van der Waals surface area contributed by atoms with Gasteiger partial charge in [-0.15, -0.1) is 0 Å². The molecule has 0 bridgehead atoms. The van der Waals surface area contributed by atoms with Crippen LogP contribution in [-0.4, -0.2) is 67.5 Å². The third-order valence-electron chi connectivity index (χ3n) is 12.1. The second-order valence-corrected chi connectivity index (χ2v) is 17.8. The van der Waals surface area contributed by atoms with E-state index in [4.69, 9.17) is 29.2 Å². The number of aryl methyl sites for hydroxylation is 3. The Morgan fingerprint density at radius 2 is 0.933 bits per heavy atom. The molecule has 0 heterocycles. The number of amides is 4. The molecule has 1 aliphatic rings. The van der Waals surface area contributed by atoms with Crippen LogP contribution in [0.5, 0.6) is 17.2 Å². The number of carbonyl (C=O) groups excluding carboxylic acids is 4. The summed E-state index contributed by atoms with van der Waals surface area (Å²) in [5.41, 5.74) is 12.9. The Morgan fingerprint density at radius 3 is 1.40 bits per heavy atom. The van der Waals surface area contributed by atoms with Crippen molar-refractivity contribution in [3.8, 4) is 28.4 Å². The average Bonchev–Trinajstić information content (AvgIpc) is 3.76. The van der Waals surface area contributed by atoms with Gasteiger partial charge in [0, 0.05) is 50.1 Å². The maximum absolute atomic E-state index is 12.2. The lowest BCUT2D eigenvalue weighted by atomic mass is 9.98. The van der Waals surface area contributed by atoms with Gasteiger partial charge in [0.25, 0.3) is 11.8 Å². The SMILES string of the molecule is COc1cc(OCC(=O)NCc2ccc(C)cc2)ccc1CO.Cc1ccc(CNC(=O)CCNC(=O)OCC2c3ccccc3-c3ccccc32)cc1.Cc1ccc(CNC(=O)COc2ccc(CO)cc2)cc1. The number of alkyl carbamates (subject to hydrolysis) is 1. The number of fused-ring (bicyclic) bond motifs is 3. The van der Waals surface area contributed by atoms with Gasteiger partial charge in [-0.2, -0.15) is 0 Å². The topological polar surface area (TPSA) is 194 Å². The number of hydrogen-bond donors (Lipinski definition) is 6. The second-order valence-electron chi connectivity index (χ2n) is 17.8. The highest BCUT2D eigenvalue weighted by Crippen LogP contribution is 2.44. The van der Waals surface area contributed by atoms with Gasteiger partial charge in [0.05, 0.1) is 20.3 Å². The molecule has 0 atom stereocenters. The Kier molecular flexibility index (Phi) is 21.8. The van der Waals surface area contributed by atoms with E-state index in [-0.39, 0.29) is 69.6 Å². The van der Waals surface area contributed by atoms with E-state index >= 15 is 0 Å². The summed E-state index contributed by atoms with van der Waals surface area (Å²) in [6.45, 7) is 7.79. The van der Waals surface area contributed by atoms with Crippen molar-refractivity contribution in [2.45, 2.75) is 66.0 Å². The molecule has 0 radical (unpaired) electrons. The van der Waals surface area contributed by atoms with Crippen LogP contribution in [0.25, 0.3) is 11.1 Å². The summed E-state index contributed by atoms with van der Waals surface area (Å²) in [6.07, 6.45) is -0.302. The first kappa shape index (κ1) is 55.8. The van der Waals surface area contributed by atoms with Crippen molar-refractivity contribution >= 4 is 23.8 Å². The highest BCUT2D eigenvalue weighted by molar-refractivity contribution is 5.80. The summed E-state index contributed by atoms with van der Waals surface area (Å²) in [6, 6.07) is 52.5. The van der Waals surface area contributed by atoms with Crippen LogP contribution in [0.15, 0.2) is 164 Å². The lowest BCUT2D eigenvalue weighted by molar-refractivity contribution is -0.124. The van der Waals surface area contributed by atoms with Crippen molar-refractivity contribution < 1.29 is 48.3 Å². The molecule has 0 saturated carbocycles. The zero-order valence-corrected chi connectivity index (χ0v) is 42.9. The minimum atomic E-state index is -0.506. The third-order valence-corrected chi connectivity index (χ3v) is 12.1. The zero-order chi connectivity index (χ0) is 53.4. The first-order chi connectivity index (χ1) is 36.4. The third kappa shape index (κ3) is 18.2. The Balaban J connectivity index is 0.000000188. The molecular weight excluding hydrogens is 949 g/mol. The molecule has 0 aromatic heterocycles. The second kappa shape index (κ2) is 29.3. The number of rotatable bonds is 20. The van der Waals surface area contributed by atoms with Gasteiger partial charge in [-0.3, -0.25) is 14.4 Å². The molecule has 0 unspecified atom stereocenters. The van der Waals surface area contributed by atoms with Gasteiger partial charge in [-0.25, -0.2) is 4.79 Å². The van der Waals surface area contributed by atoms with E-state index in [0.717, 1.165) is 22.3 Å². The number of aliphatic hydroxyl groups is 2. The van der Waals surface area contributed by atoms with E-state index in [1.807, 2.05) is 118 Å². The zero-order valence-electron chi connectivity index (χ0n) is 42.9. The minimum absolute atomic E-state index is 0.00266. The molecule has 6 N–H and O–H groups in total. The first-order valence-corrected chi connectivity index (χ1v) is 24.7. The van der Waals surface area contributed by atoms with Crippen molar-refractivity contribution in [1.29, 1.82) is 0 Å². The van der Waals surface area contributed by atoms with Crippen LogP contribution >= 0.6 is 0 Å². The molecule has 0 fully saturated rings. The van der Waals surface area contributed by atoms with Crippen molar-refractivity contribution in [2.75, 3.05) is 33.5 Å². The Bertz CT molecular complexity index is 2880. The summed E-state index contributed by atoms with van der Waals surface area (Å²) < 4.78 is 21.5. The molecule has 14 heteroatoms. The number of benzene rings is 7. The monoisotopic (exact) mass is 1010 g/mol. The van der Waals surface area contributed by atoms with Crippen LogP contribution in [0, 0.1) is 20.8 Å². The summed E-state index contributed by atoms with van der Waals surface area (Å²) in [7, 11) is 1.52. The van der Waals surface area contributed by atoms with Gasteiger partial charge in [0.15, 0.2) is 13.2 Å². The van der Waals surface area contributed by atoms with Crippen molar-refractivity contribution in [1.82, 2.24) is 21.3 Å². The van der Waals surface area contributed by atoms with Crippen molar-refractivity contribution in [3.05, 3.63) is 219 Å². The largest absolute Gasteiger partial charge is 0.496 e. The molecule has 75 heavy (non-hydrogen) atoms. The van der Waals surface area contributed by atoms with E-state index in [9.17, 15) is 19.2 Å². The van der Waals surface area contributed by atoms with Gasteiger partial charge in [0.2, 0.25) is 5.91 Å². The normalized spacial score (nSPS) is 11.0. The number of ether oxygens (including phenoxy) is 4. The molecule has 1 aliphatic carbocycles. The summed E-state index contributed by atoms with van der Waals surface area (Å²) in [5, 5.41) is 29.2. The number of hydrogen-bond acceptors (Lipinski definition) is 10. The van der Waals surface area contributed by atoms with Crippen LogP contribution in [0.4, 0.5) is 4.79 Å². The number of carbonyl (C=O) groups is 4. The molecule has 7 aromatic carbocycles. The van der Waals surface area contributed by atoms with E-state index in [1.54, 1.807) is 42.5 Å². The van der Waals surface area contributed by atoms with Crippen LogP contribution < -0.4 is 35.5 Å². The van der Waals surface area contributed by atoms with E-state index in [2.05, 4.69) is 45.5 Å². The lowest BCUT2D eigenvalue weighted by Crippen LogP contribution is -2.31. The van der Waals surface area contributed by atoms with Gasteiger partial charge >= 0.3 is 6.09 Å². The summed E-state index contributed by atoms with van der Waals surface area (Å²) in [4.78, 5) is 47.7. The van der Waals surface area contributed by atoms with Crippen LogP contribution in [0.3, 0.4) is 0 Å². The van der Waals surface area contributed by atoms with E-state index < -0.39 is 6.09 Å². The molecule has 7 aromatic rings. The van der Waals surface area contributed by atoms with E-state index in [1.165, 1.54) is 46.1 Å². The smallest absolute Gasteiger partial charge is 0.407 e. The van der Waals surface area contributed by atoms with Gasteiger partial charge in [-0.1, -0.05) is 150 Å². The Labute approximate surface area is 439 Å². The molecule has 4 amide bonds. The fourth-order valence-electron chi connectivity index (χ4n) is 7.77. The lowest BCUT2D eigenvalue weighted by Gasteiger charge is -2.14.